The Bertz CT molecular complexity index is 339. The first-order chi connectivity index (χ1) is 8.78. The summed E-state index contributed by atoms with van der Waals surface area (Å²) < 4.78 is 5.16. The van der Waals surface area contributed by atoms with E-state index in [0.29, 0.717) is 0 Å². The smallest absolute Gasteiger partial charge is 0.118 e. The normalized spacial score (nSPS) is 23.9. The third-order valence-corrected chi connectivity index (χ3v) is 4.02. The van der Waals surface area contributed by atoms with Crippen molar-refractivity contribution in [1.29, 1.82) is 0 Å². The molecule has 0 unspecified atom stereocenters. The zero-order valence-electron chi connectivity index (χ0n) is 11.6. The average molecular weight is 247 g/mol. The van der Waals surface area contributed by atoms with Crippen molar-refractivity contribution >= 4 is 0 Å². The van der Waals surface area contributed by atoms with Gasteiger partial charge in [-0.15, -0.1) is 0 Å². The molecule has 1 aliphatic carbocycles. The molecule has 0 amide bonds. The number of hydrogen-bond acceptors (Lipinski definition) is 2. The van der Waals surface area contributed by atoms with E-state index in [1.165, 1.54) is 31.2 Å². The first-order valence-corrected chi connectivity index (χ1v) is 7.14. The third-order valence-electron chi connectivity index (χ3n) is 4.02. The number of benzene rings is 1. The summed E-state index contributed by atoms with van der Waals surface area (Å²) in [6.45, 7) is 3.46. The van der Waals surface area contributed by atoms with Gasteiger partial charge in [0.1, 0.15) is 5.75 Å². The molecule has 0 atom stereocenters. The van der Waals surface area contributed by atoms with Gasteiger partial charge in [-0.2, -0.15) is 0 Å². The Morgan fingerprint density at radius 3 is 2.39 bits per heavy atom. The van der Waals surface area contributed by atoms with E-state index in [1.54, 1.807) is 7.11 Å². The van der Waals surface area contributed by atoms with Gasteiger partial charge in [0.15, 0.2) is 0 Å². The van der Waals surface area contributed by atoms with Crippen molar-refractivity contribution in [2.45, 2.75) is 45.1 Å². The molecule has 1 saturated carbocycles. The Hall–Kier alpha value is -1.02. The molecular weight excluding hydrogens is 222 g/mol. The maximum absolute atomic E-state index is 5.16. The monoisotopic (exact) mass is 247 g/mol. The fourth-order valence-electron chi connectivity index (χ4n) is 2.68. The predicted octanol–water partition coefficient (Wildman–Crippen LogP) is 3.41. The lowest BCUT2D eigenvalue weighted by Crippen LogP contribution is -2.34. The van der Waals surface area contributed by atoms with Gasteiger partial charge < -0.3 is 10.1 Å². The minimum Gasteiger partial charge on any atom is -0.497 e. The number of rotatable bonds is 5. The van der Waals surface area contributed by atoms with Gasteiger partial charge in [0, 0.05) is 6.04 Å². The minimum atomic E-state index is 0.749. The van der Waals surface area contributed by atoms with E-state index < -0.39 is 0 Å². The fourth-order valence-corrected chi connectivity index (χ4v) is 2.68. The van der Waals surface area contributed by atoms with Crippen LogP contribution in [-0.2, 0) is 6.42 Å². The summed E-state index contributed by atoms with van der Waals surface area (Å²) in [7, 11) is 1.71. The molecule has 1 aromatic carbocycles. The second-order valence-electron chi connectivity index (χ2n) is 5.51. The molecule has 2 nitrogen and oxygen atoms in total. The van der Waals surface area contributed by atoms with Gasteiger partial charge in [0.2, 0.25) is 0 Å². The van der Waals surface area contributed by atoms with E-state index in [9.17, 15) is 0 Å². The Morgan fingerprint density at radius 2 is 1.78 bits per heavy atom. The minimum absolute atomic E-state index is 0.749. The molecule has 0 bridgehead atoms. The molecule has 2 rings (SSSR count). The van der Waals surface area contributed by atoms with Crippen molar-refractivity contribution in [3.8, 4) is 5.75 Å². The first-order valence-electron chi connectivity index (χ1n) is 7.14. The molecule has 18 heavy (non-hydrogen) atoms. The molecule has 0 aromatic heterocycles. The van der Waals surface area contributed by atoms with Gasteiger partial charge in [-0.25, -0.2) is 0 Å². The maximum Gasteiger partial charge on any atom is 0.118 e. The van der Waals surface area contributed by atoms with E-state index in [-0.39, 0.29) is 0 Å². The fraction of sp³-hybridized carbons (Fsp3) is 0.625. The van der Waals surface area contributed by atoms with Crippen molar-refractivity contribution in [2.75, 3.05) is 13.7 Å². The SMILES string of the molecule is COc1ccc(CCNC2CCC(C)CC2)cc1. The van der Waals surface area contributed by atoms with Crippen LogP contribution in [-0.4, -0.2) is 19.7 Å². The van der Waals surface area contributed by atoms with Crippen molar-refractivity contribution in [3.63, 3.8) is 0 Å². The molecule has 100 valence electrons. The lowest BCUT2D eigenvalue weighted by atomic mass is 9.87. The maximum atomic E-state index is 5.16. The Kier molecular flexibility index (Phi) is 5.06. The van der Waals surface area contributed by atoms with E-state index in [2.05, 4.69) is 24.4 Å². The highest BCUT2D eigenvalue weighted by Crippen LogP contribution is 2.23. The van der Waals surface area contributed by atoms with Crippen molar-refractivity contribution in [2.24, 2.45) is 5.92 Å². The zero-order chi connectivity index (χ0) is 12.8. The lowest BCUT2D eigenvalue weighted by molar-refractivity contribution is 0.309. The standard InChI is InChI=1S/C16H25NO/c1-13-3-7-15(8-4-13)17-12-11-14-5-9-16(18-2)10-6-14/h5-6,9-10,13,15,17H,3-4,7-8,11-12H2,1-2H3. The third kappa shape index (κ3) is 4.02. The molecule has 0 aliphatic heterocycles. The number of hydrogen-bond donors (Lipinski definition) is 1. The van der Waals surface area contributed by atoms with Crippen LogP contribution >= 0.6 is 0 Å². The molecular formula is C16H25NO. The van der Waals surface area contributed by atoms with Crippen molar-refractivity contribution in [1.82, 2.24) is 5.32 Å². The zero-order valence-corrected chi connectivity index (χ0v) is 11.6. The van der Waals surface area contributed by atoms with Crippen molar-refractivity contribution < 1.29 is 4.74 Å². The molecule has 1 aromatic rings. The number of ether oxygens (including phenoxy) is 1. The summed E-state index contributed by atoms with van der Waals surface area (Å²) >= 11 is 0. The topological polar surface area (TPSA) is 21.3 Å². The second-order valence-corrected chi connectivity index (χ2v) is 5.51. The van der Waals surface area contributed by atoms with Gasteiger partial charge in [-0.1, -0.05) is 19.1 Å². The molecule has 1 N–H and O–H groups in total. The number of nitrogens with one attached hydrogen (secondary N) is 1. The van der Waals surface area contributed by atoms with E-state index in [1.807, 2.05) is 12.1 Å². The van der Waals surface area contributed by atoms with E-state index >= 15 is 0 Å². The highest BCUT2D eigenvalue weighted by atomic mass is 16.5. The highest BCUT2D eigenvalue weighted by molar-refractivity contribution is 5.27. The lowest BCUT2D eigenvalue weighted by Gasteiger charge is -2.27. The summed E-state index contributed by atoms with van der Waals surface area (Å²) in [6, 6.07) is 9.14. The molecule has 1 aliphatic rings. The Labute approximate surface area is 111 Å². The molecule has 0 saturated heterocycles. The first kappa shape index (κ1) is 13.4. The molecule has 1 fully saturated rings. The summed E-state index contributed by atoms with van der Waals surface area (Å²) in [4.78, 5) is 0. The second kappa shape index (κ2) is 6.79. The van der Waals surface area contributed by atoms with Crippen LogP contribution < -0.4 is 10.1 Å². The van der Waals surface area contributed by atoms with Crippen LogP contribution in [0.1, 0.15) is 38.2 Å². The van der Waals surface area contributed by atoms with Gasteiger partial charge in [-0.05, 0) is 62.3 Å². The summed E-state index contributed by atoms with van der Waals surface area (Å²) in [6.07, 6.45) is 6.59. The van der Waals surface area contributed by atoms with Crippen LogP contribution in [0.15, 0.2) is 24.3 Å². The Balaban J connectivity index is 1.68. The van der Waals surface area contributed by atoms with Crippen LogP contribution in [0, 0.1) is 5.92 Å². The van der Waals surface area contributed by atoms with Crippen molar-refractivity contribution in [3.05, 3.63) is 29.8 Å². The van der Waals surface area contributed by atoms with E-state index in [0.717, 1.165) is 30.7 Å². The summed E-state index contributed by atoms with van der Waals surface area (Å²) in [5, 5.41) is 3.69. The quantitative estimate of drug-likeness (QED) is 0.861. The summed E-state index contributed by atoms with van der Waals surface area (Å²) in [5.41, 5.74) is 1.38. The van der Waals surface area contributed by atoms with Crippen LogP contribution in [0.5, 0.6) is 5.75 Å². The van der Waals surface area contributed by atoms with Gasteiger partial charge >= 0.3 is 0 Å². The molecule has 0 heterocycles. The van der Waals surface area contributed by atoms with Crippen LogP contribution in [0.4, 0.5) is 0 Å². The van der Waals surface area contributed by atoms with Gasteiger partial charge in [0.05, 0.1) is 7.11 Å². The van der Waals surface area contributed by atoms with Gasteiger partial charge in [-0.3, -0.25) is 0 Å². The van der Waals surface area contributed by atoms with Crippen LogP contribution in [0.3, 0.4) is 0 Å². The van der Waals surface area contributed by atoms with Gasteiger partial charge in [0.25, 0.3) is 0 Å². The highest BCUT2D eigenvalue weighted by Gasteiger charge is 2.16. The Morgan fingerprint density at radius 1 is 1.11 bits per heavy atom. The number of methoxy groups -OCH3 is 1. The van der Waals surface area contributed by atoms with Crippen LogP contribution in [0.2, 0.25) is 0 Å². The van der Waals surface area contributed by atoms with Crippen LogP contribution in [0.25, 0.3) is 0 Å². The molecule has 0 spiro atoms. The average Bonchev–Trinajstić information content (AvgIpc) is 2.42. The predicted molar refractivity (Wildman–Crippen MR) is 76.1 cm³/mol. The van der Waals surface area contributed by atoms with E-state index in [4.69, 9.17) is 4.74 Å². The molecule has 2 heteroatoms. The summed E-state index contributed by atoms with van der Waals surface area (Å²) in [5.74, 6) is 1.87. The largest absolute Gasteiger partial charge is 0.497 e. The molecule has 0 radical (unpaired) electrons.